The fourth-order valence-electron chi connectivity index (χ4n) is 2.69. The molecule has 0 bridgehead atoms. The van der Waals surface area contributed by atoms with Gasteiger partial charge in [0.1, 0.15) is 0 Å². The van der Waals surface area contributed by atoms with Crippen molar-refractivity contribution in [2.24, 2.45) is 10.9 Å². The minimum absolute atomic E-state index is 0.00873. The Labute approximate surface area is 134 Å². The van der Waals surface area contributed by atoms with Gasteiger partial charge in [-0.15, -0.1) is 0 Å². The summed E-state index contributed by atoms with van der Waals surface area (Å²) in [7, 11) is -3.80. The Balaban J connectivity index is 1.96. The molecule has 0 saturated carbocycles. The van der Waals surface area contributed by atoms with Gasteiger partial charge in [-0.25, -0.2) is 13.6 Å². The summed E-state index contributed by atoms with van der Waals surface area (Å²) in [5.74, 6) is -0.168. The molecule has 0 saturated heterocycles. The van der Waals surface area contributed by atoms with Gasteiger partial charge >= 0.3 is 0 Å². The average Bonchev–Trinajstić information content (AvgIpc) is 2.96. The van der Waals surface area contributed by atoms with E-state index in [-0.39, 0.29) is 10.8 Å². The number of amides is 1. The number of carbonyl (C=O) groups excluding carboxylic acids is 1. The van der Waals surface area contributed by atoms with E-state index in [4.69, 9.17) is 10.9 Å². The van der Waals surface area contributed by atoms with E-state index < -0.39 is 10.0 Å². The normalized spacial score (nSPS) is 13.9. The van der Waals surface area contributed by atoms with Crippen LogP contribution >= 0.6 is 0 Å². The van der Waals surface area contributed by atoms with Crippen molar-refractivity contribution in [3.63, 3.8) is 0 Å². The minimum Gasteiger partial charge on any atom is -0.326 e. The average molecular weight is 331 g/mol. The smallest absolute Gasteiger partial charge is 0.258 e. The maximum Gasteiger partial charge on any atom is 0.258 e. The molecule has 0 unspecified atom stereocenters. The van der Waals surface area contributed by atoms with E-state index in [2.05, 4.69) is 0 Å². The predicted molar refractivity (Wildman–Crippen MR) is 87.5 cm³/mol. The van der Waals surface area contributed by atoms with Crippen LogP contribution in [0.15, 0.2) is 47.4 Å². The van der Waals surface area contributed by atoms with Crippen LogP contribution in [0.4, 0.5) is 5.69 Å². The Bertz CT molecular complexity index is 861. The Morgan fingerprint density at radius 2 is 1.83 bits per heavy atom. The molecule has 0 aliphatic carbocycles. The molecular formula is C16H17N3O3S. The van der Waals surface area contributed by atoms with Gasteiger partial charge in [-0.05, 0) is 41.8 Å². The number of benzene rings is 2. The second-order valence-electron chi connectivity index (χ2n) is 5.44. The Hall–Kier alpha value is -2.22. The quantitative estimate of drug-likeness (QED) is 0.875. The van der Waals surface area contributed by atoms with Crippen molar-refractivity contribution >= 4 is 21.6 Å². The van der Waals surface area contributed by atoms with E-state index in [0.29, 0.717) is 30.8 Å². The predicted octanol–water partition coefficient (Wildman–Crippen LogP) is 0.996. The number of carbonyl (C=O) groups is 1. The molecule has 0 atom stereocenters. The first kappa shape index (κ1) is 15.7. The van der Waals surface area contributed by atoms with E-state index in [1.807, 2.05) is 12.1 Å². The van der Waals surface area contributed by atoms with Crippen LogP contribution in [-0.2, 0) is 23.0 Å². The number of primary sulfonamides is 1. The summed E-state index contributed by atoms with van der Waals surface area (Å²) in [5.41, 5.74) is 8.57. The summed E-state index contributed by atoms with van der Waals surface area (Å²) in [5, 5.41) is 5.17. The molecule has 1 amide bonds. The van der Waals surface area contributed by atoms with Crippen molar-refractivity contribution in [1.29, 1.82) is 0 Å². The van der Waals surface area contributed by atoms with Crippen LogP contribution in [0.3, 0.4) is 0 Å². The fourth-order valence-corrected chi connectivity index (χ4v) is 3.22. The molecule has 1 aliphatic heterocycles. The number of hydrogen-bond acceptors (Lipinski definition) is 4. The van der Waals surface area contributed by atoms with E-state index in [1.54, 1.807) is 23.1 Å². The van der Waals surface area contributed by atoms with Gasteiger partial charge in [0.2, 0.25) is 10.0 Å². The first-order chi connectivity index (χ1) is 10.9. The molecule has 6 nitrogen and oxygen atoms in total. The van der Waals surface area contributed by atoms with Crippen LogP contribution in [0, 0.1) is 0 Å². The number of fused-ring (bicyclic) bond motifs is 1. The molecule has 120 valence electrons. The van der Waals surface area contributed by atoms with Gasteiger partial charge in [-0.3, -0.25) is 4.79 Å². The number of sulfonamides is 1. The first-order valence-electron chi connectivity index (χ1n) is 7.17. The van der Waals surface area contributed by atoms with Crippen LogP contribution in [0.25, 0.3) is 0 Å². The molecule has 0 spiro atoms. The van der Waals surface area contributed by atoms with E-state index >= 15 is 0 Å². The maximum atomic E-state index is 12.7. The summed E-state index contributed by atoms with van der Waals surface area (Å²) >= 11 is 0. The van der Waals surface area contributed by atoms with Crippen molar-refractivity contribution in [3.05, 3.63) is 59.2 Å². The topological polar surface area (TPSA) is 106 Å². The SMILES string of the molecule is NCc1ccc(C(=O)N2CCc3ccc(S(N)(=O)=O)cc32)cc1. The minimum atomic E-state index is -3.80. The maximum absolute atomic E-state index is 12.7. The summed E-state index contributed by atoms with van der Waals surface area (Å²) in [6.07, 6.45) is 0.687. The second-order valence-corrected chi connectivity index (χ2v) is 7.00. The van der Waals surface area contributed by atoms with Crippen molar-refractivity contribution in [1.82, 2.24) is 0 Å². The van der Waals surface area contributed by atoms with Crippen molar-refractivity contribution < 1.29 is 13.2 Å². The summed E-state index contributed by atoms with van der Waals surface area (Å²) in [6, 6.07) is 11.7. The van der Waals surface area contributed by atoms with Gasteiger partial charge in [-0.1, -0.05) is 18.2 Å². The molecule has 0 fully saturated rings. The van der Waals surface area contributed by atoms with Crippen molar-refractivity contribution in [2.45, 2.75) is 17.9 Å². The zero-order valence-corrected chi connectivity index (χ0v) is 13.2. The van der Waals surface area contributed by atoms with Gasteiger partial charge in [-0.2, -0.15) is 0 Å². The largest absolute Gasteiger partial charge is 0.326 e. The molecular weight excluding hydrogens is 314 g/mol. The van der Waals surface area contributed by atoms with Crippen LogP contribution in [0.5, 0.6) is 0 Å². The molecule has 0 aromatic heterocycles. The van der Waals surface area contributed by atoms with Gasteiger partial charge in [0.25, 0.3) is 5.91 Å². The number of hydrogen-bond donors (Lipinski definition) is 2. The van der Waals surface area contributed by atoms with E-state index in [1.165, 1.54) is 12.1 Å². The highest BCUT2D eigenvalue weighted by Gasteiger charge is 2.27. The highest BCUT2D eigenvalue weighted by atomic mass is 32.2. The van der Waals surface area contributed by atoms with E-state index in [9.17, 15) is 13.2 Å². The van der Waals surface area contributed by atoms with Crippen LogP contribution in [0.1, 0.15) is 21.5 Å². The highest BCUT2D eigenvalue weighted by molar-refractivity contribution is 7.89. The number of rotatable bonds is 3. The molecule has 1 aliphatic rings. The molecule has 2 aromatic rings. The molecule has 0 radical (unpaired) electrons. The van der Waals surface area contributed by atoms with Gasteiger partial charge < -0.3 is 10.6 Å². The van der Waals surface area contributed by atoms with Crippen LogP contribution in [0.2, 0.25) is 0 Å². The van der Waals surface area contributed by atoms with Gasteiger partial charge in [0.05, 0.1) is 4.90 Å². The summed E-state index contributed by atoms with van der Waals surface area (Å²) in [6.45, 7) is 0.930. The number of anilines is 1. The monoisotopic (exact) mass is 331 g/mol. The summed E-state index contributed by atoms with van der Waals surface area (Å²) in [4.78, 5) is 14.3. The van der Waals surface area contributed by atoms with Crippen LogP contribution < -0.4 is 15.8 Å². The van der Waals surface area contributed by atoms with Crippen LogP contribution in [-0.4, -0.2) is 20.9 Å². The molecule has 3 rings (SSSR count). The Kier molecular flexibility index (Phi) is 3.93. The van der Waals surface area contributed by atoms with Crippen molar-refractivity contribution in [3.8, 4) is 0 Å². The standard InChI is InChI=1S/C16H17N3O3S/c17-10-11-1-3-13(4-2-11)16(20)19-8-7-12-5-6-14(9-15(12)19)23(18,21)22/h1-6,9H,7-8,10,17H2,(H2,18,21,22). The third-order valence-corrected chi connectivity index (χ3v) is 4.87. The zero-order chi connectivity index (χ0) is 16.6. The van der Waals surface area contributed by atoms with E-state index in [0.717, 1.165) is 11.1 Å². The molecule has 2 aromatic carbocycles. The van der Waals surface area contributed by atoms with Gasteiger partial charge in [0, 0.05) is 24.3 Å². The molecule has 4 N–H and O–H groups in total. The number of nitrogens with zero attached hydrogens (tertiary/aromatic N) is 1. The Morgan fingerprint density at radius 3 is 2.43 bits per heavy atom. The zero-order valence-electron chi connectivity index (χ0n) is 12.4. The van der Waals surface area contributed by atoms with Crippen molar-refractivity contribution in [2.75, 3.05) is 11.4 Å². The Morgan fingerprint density at radius 1 is 1.13 bits per heavy atom. The fraction of sp³-hybridized carbons (Fsp3) is 0.188. The molecule has 7 heteroatoms. The first-order valence-corrected chi connectivity index (χ1v) is 8.71. The highest BCUT2D eigenvalue weighted by Crippen LogP contribution is 2.31. The number of nitrogens with two attached hydrogens (primary N) is 2. The molecule has 1 heterocycles. The lowest BCUT2D eigenvalue weighted by Crippen LogP contribution is -2.29. The molecule has 23 heavy (non-hydrogen) atoms. The lowest BCUT2D eigenvalue weighted by Gasteiger charge is -2.18. The lowest BCUT2D eigenvalue weighted by molar-refractivity contribution is 0.0989. The summed E-state index contributed by atoms with van der Waals surface area (Å²) < 4.78 is 23.0. The third kappa shape index (κ3) is 2.98. The van der Waals surface area contributed by atoms with Gasteiger partial charge in [0.15, 0.2) is 0 Å². The third-order valence-electron chi connectivity index (χ3n) is 3.96. The lowest BCUT2D eigenvalue weighted by atomic mass is 10.1. The second kappa shape index (κ2) is 5.77.